The van der Waals surface area contributed by atoms with Crippen LogP contribution < -0.4 is 10.5 Å². The maximum atomic E-state index is 12.1. The van der Waals surface area contributed by atoms with Crippen molar-refractivity contribution >= 4 is 21.9 Å². The number of carbonyl (C=O) groups is 2. The zero-order valence-electron chi connectivity index (χ0n) is 15.0. The number of esters is 1. The van der Waals surface area contributed by atoms with Crippen molar-refractivity contribution in [2.24, 2.45) is 11.1 Å². The molecule has 25 heavy (non-hydrogen) atoms. The minimum atomic E-state index is -3.92. The number of hydrogen-bond donors (Lipinski definition) is 2. The van der Waals surface area contributed by atoms with E-state index in [1.807, 2.05) is 6.92 Å². The Morgan fingerprint density at radius 1 is 1.20 bits per heavy atom. The first-order chi connectivity index (χ1) is 11.5. The van der Waals surface area contributed by atoms with Crippen molar-refractivity contribution in [1.29, 1.82) is 0 Å². The summed E-state index contributed by atoms with van der Waals surface area (Å²) in [5.41, 5.74) is 0.593. The van der Waals surface area contributed by atoms with Gasteiger partial charge in [-0.2, -0.15) is 0 Å². The third kappa shape index (κ3) is 7.23. The Labute approximate surface area is 149 Å². The minimum absolute atomic E-state index is 0.0129. The number of hydrogen-bond acceptors (Lipinski definition) is 5. The van der Waals surface area contributed by atoms with Crippen LogP contribution in [0.5, 0.6) is 0 Å². The molecule has 0 fully saturated rings. The summed E-state index contributed by atoms with van der Waals surface area (Å²) < 4.78 is 27.7. The van der Waals surface area contributed by atoms with Gasteiger partial charge in [-0.05, 0) is 50.3 Å². The monoisotopic (exact) mass is 370 g/mol. The van der Waals surface area contributed by atoms with Crippen molar-refractivity contribution in [3.05, 3.63) is 29.3 Å². The van der Waals surface area contributed by atoms with Gasteiger partial charge in [-0.1, -0.05) is 19.9 Å². The van der Waals surface area contributed by atoms with Crippen molar-refractivity contribution in [1.82, 2.24) is 5.32 Å². The number of sulfonamides is 1. The summed E-state index contributed by atoms with van der Waals surface area (Å²) in [5, 5.41) is 7.82. The Bertz CT molecular complexity index is 729. The highest BCUT2D eigenvalue weighted by atomic mass is 32.2. The third-order valence-electron chi connectivity index (χ3n) is 3.68. The summed E-state index contributed by atoms with van der Waals surface area (Å²) in [6.45, 7) is 7.31. The lowest BCUT2D eigenvalue weighted by Gasteiger charge is -2.15. The van der Waals surface area contributed by atoms with Crippen molar-refractivity contribution in [3.63, 3.8) is 0 Å². The van der Waals surface area contributed by atoms with Crippen LogP contribution in [0.25, 0.3) is 0 Å². The standard InChI is InChI=1S/C17H26N2O5S/c1-11(2)5-7-13(4)19-16(20)10-24-17(21)15-9-14(25(18,22)23)8-6-12(15)3/h6,8-9,11,13H,5,7,10H2,1-4H3,(H,19,20)(H2,18,22,23). The van der Waals surface area contributed by atoms with E-state index >= 15 is 0 Å². The number of aryl methyl sites for hydroxylation is 1. The summed E-state index contributed by atoms with van der Waals surface area (Å²) in [4.78, 5) is 23.8. The fourth-order valence-electron chi connectivity index (χ4n) is 2.18. The molecule has 1 aromatic carbocycles. The molecule has 0 radical (unpaired) electrons. The molecule has 7 nitrogen and oxygen atoms in total. The van der Waals surface area contributed by atoms with Gasteiger partial charge < -0.3 is 10.1 Å². The molecule has 1 unspecified atom stereocenters. The molecule has 8 heteroatoms. The van der Waals surface area contributed by atoms with Crippen molar-refractivity contribution in [2.75, 3.05) is 6.61 Å². The number of benzene rings is 1. The van der Waals surface area contributed by atoms with Crippen LogP contribution in [-0.2, 0) is 19.6 Å². The van der Waals surface area contributed by atoms with Gasteiger partial charge in [-0.25, -0.2) is 18.4 Å². The van der Waals surface area contributed by atoms with E-state index in [-0.39, 0.29) is 16.5 Å². The molecule has 0 aliphatic carbocycles. The molecule has 1 atom stereocenters. The molecule has 3 N–H and O–H groups in total. The molecule has 0 saturated heterocycles. The van der Waals surface area contributed by atoms with Crippen molar-refractivity contribution < 1.29 is 22.7 Å². The van der Waals surface area contributed by atoms with Crippen LogP contribution in [0.1, 0.15) is 49.5 Å². The SMILES string of the molecule is Cc1ccc(S(N)(=O)=O)cc1C(=O)OCC(=O)NC(C)CCC(C)C. The normalized spacial score (nSPS) is 12.7. The smallest absolute Gasteiger partial charge is 0.338 e. The molecule has 0 aliphatic rings. The van der Waals surface area contributed by atoms with Crippen LogP contribution >= 0.6 is 0 Å². The van der Waals surface area contributed by atoms with Gasteiger partial charge in [0, 0.05) is 6.04 Å². The Kier molecular flexibility index (Phi) is 7.57. The lowest BCUT2D eigenvalue weighted by atomic mass is 10.0. The molecule has 1 aromatic rings. The molecular weight excluding hydrogens is 344 g/mol. The zero-order chi connectivity index (χ0) is 19.2. The average molecular weight is 370 g/mol. The molecule has 140 valence electrons. The topological polar surface area (TPSA) is 116 Å². The summed E-state index contributed by atoms with van der Waals surface area (Å²) in [5.74, 6) is -0.621. The van der Waals surface area contributed by atoms with Gasteiger partial charge in [-0.15, -0.1) is 0 Å². The van der Waals surface area contributed by atoms with Crippen molar-refractivity contribution in [3.8, 4) is 0 Å². The first-order valence-corrected chi connectivity index (χ1v) is 9.65. The number of rotatable bonds is 8. The Balaban J connectivity index is 2.64. The third-order valence-corrected chi connectivity index (χ3v) is 4.59. The molecule has 0 spiro atoms. The van der Waals surface area contributed by atoms with E-state index in [1.165, 1.54) is 12.1 Å². The summed E-state index contributed by atoms with van der Waals surface area (Å²) in [6, 6.07) is 3.91. The van der Waals surface area contributed by atoms with Gasteiger partial charge in [-0.3, -0.25) is 4.79 Å². The molecule has 0 saturated carbocycles. The van der Waals surface area contributed by atoms with E-state index in [0.717, 1.165) is 18.9 Å². The molecule has 0 bridgehead atoms. The summed E-state index contributed by atoms with van der Waals surface area (Å²) >= 11 is 0. The molecule has 0 heterocycles. The molecule has 1 rings (SSSR count). The largest absolute Gasteiger partial charge is 0.452 e. The lowest BCUT2D eigenvalue weighted by molar-refractivity contribution is -0.124. The van der Waals surface area contributed by atoms with Crippen molar-refractivity contribution in [2.45, 2.75) is 51.5 Å². The van der Waals surface area contributed by atoms with Gasteiger partial charge in [0.05, 0.1) is 10.5 Å². The fourth-order valence-corrected chi connectivity index (χ4v) is 2.72. The van der Waals surface area contributed by atoms with Crippen LogP contribution in [0.3, 0.4) is 0 Å². The summed E-state index contributed by atoms with van der Waals surface area (Å²) in [6.07, 6.45) is 1.83. The predicted octanol–water partition coefficient (Wildman–Crippen LogP) is 1.74. The van der Waals surface area contributed by atoms with Crippen LogP contribution in [0, 0.1) is 12.8 Å². The van der Waals surface area contributed by atoms with E-state index < -0.39 is 28.5 Å². The summed E-state index contributed by atoms with van der Waals surface area (Å²) in [7, 11) is -3.92. The zero-order valence-corrected chi connectivity index (χ0v) is 15.9. The van der Waals surface area contributed by atoms with E-state index in [1.54, 1.807) is 6.92 Å². The predicted molar refractivity (Wildman–Crippen MR) is 94.5 cm³/mol. The first kappa shape index (κ1) is 21.1. The highest BCUT2D eigenvalue weighted by molar-refractivity contribution is 7.89. The van der Waals surface area contributed by atoms with E-state index in [2.05, 4.69) is 19.2 Å². The second-order valence-electron chi connectivity index (χ2n) is 6.54. The second kappa shape index (κ2) is 8.96. The lowest BCUT2D eigenvalue weighted by Crippen LogP contribution is -2.36. The quantitative estimate of drug-likeness (QED) is 0.676. The van der Waals surface area contributed by atoms with Crippen LogP contribution in [0.4, 0.5) is 0 Å². The number of ether oxygens (including phenoxy) is 1. The van der Waals surface area contributed by atoms with Gasteiger partial charge in [0.15, 0.2) is 6.61 Å². The number of nitrogens with one attached hydrogen (secondary N) is 1. The number of nitrogens with two attached hydrogens (primary N) is 1. The molecule has 1 amide bonds. The Morgan fingerprint density at radius 2 is 1.84 bits per heavy atom. The first-order valence-electron chi connectivity index (χ1n) is 8.10. The van der Waals surface area contributed by atoms with E-state index in [9.17, 15) is 18.0 Å². The Morgan fingerprint density at radius 3 is 2.40 bits per heavy atom. The fraction of sp³-hybridized carbons (Fsp3) is 0.529. The number of amides is 1. The number of primary sulfonamides is 1. The van der Waals surface area contributed by atoms with Gasteiger partial charge >= 0.3 is 5.97 Å². The minimum Gasteiger partial charge on any atom is -0.452 e. The maximum absolute atomic E-state index is 12.1. The maximum Gasteiger partial charge on any atom is 0.338 e. The molecule has 0 aliphatic heterocycles. The second-order valence-corrected chi connectivity index (χ2v) is 8.10. The van der Waals surface area contributed by atoms with Gasteiger partial charge in [0.25, 0.3) is 5.91 Å². The highest BCUT2D eigenvalue weighted by Gasteiger charge is 2.17. The Hall–Kier alpha value is -1.93. The van der Waals surface area contributed by atoms with E-state index in [4.69, 9.17) is 9.88 Å². The highest BCUT2D eigenvalue weighted by Crippen LogP contribution is 2.15. The number of carbonyl (C=O) groups excluding carboxylic acids is 2. The molecular formula is C17H26N2O5S. The van der Waals surface area contributed by atoms with E-state index in [0.29, 0.717) is 11.5 Å². The van der Waals surface area contributed by atoms with Crippen LogP contribution in [0.15, 0.2) is 23.1 Å². The van der Waals surface area contributed by atoms with Gasteiger partial charge in [0.2, 0.25) is 10.0 Å². The van der Waals surface area contributed by atoms with Gasteiger partial charge in [0.1, 0.15) is 0 Å². The average Bonchev–Trinajstić information content (AvgIpc) is 2.50. The van der Waals surface area contributed by atoms with Crippen LogP contribution in [-0.4, -0.2) is 32.9 Å². The molecule has 0 aromatic heterocycles. The van der Waals surface area contributed by atoms with Crippen LogP contribution in [0.2, 0.25) is 0 Å².